The van der Waals surface area contributed by atoms with E-state index in [-0.39, 0.29) is 0 Å². The van der Waals surface area contributed by atoms with Crippen LogP contribution in [0.4, 0.5) is 0 Å². The van der Waals surface area contributed by atoms with Crippen LogP contribution < -0.4 is 5.32 Å². The van der Waals surface area contributed by atoms with Crippen LogP contribution >= 0.6 is 23.1 Å². The van der Waals surface area contributed by atoms with Gasteiger partial charge in [-0.25, -0.2) is 0 Å². The molecule has 1 atom stereocenters. The second-order valence-corrected chi connectivity index (χ2v) is 5.18. The van der Waals surface area contributed by atoms with Crippen molar-refractivity contribution in [2.24, 2.45) is 0 Å². The number of hydrogen-bond acceptors (Lipinski definition) is 5. The first-order valence-corrected chi connectivity index (χ1v) is 6.85. The maximum Gasteiger partial charge on any atom is 0.174 e. The monoisotopic (exact) mass is 231 g/mol. The summed E-state index contributed by atoms with van der Waals surface area (Å²) in [7, 11) is 0. The molecule has 1 heterocycles. The lowest BCUT2D eigenvalue weighted by Gasteiger charge is -2.14. The lowest BCUT2D eigenvalue weighted by molar-refractivity contribution is 0.539. The first kappa shape index (κ1) is 11.9. The van der Waals surface area contributed by atoms with Gasteiger partial charge in [0.25, 0.3) is 0 Å². The Bertz CT molecular complexity index is 226. The molecule has 3 nitrogen and oxygen atoms in total. The Labute approximate surface area is 93.7 Å². The molecule has 1 unspecified atom stereocenters. The van der Waals surface area contributed by atoms with Crippen molar-refractivity contribution < 1.29 is 0 Å². The minimum Gasteiger partial charge on any atom is -0.313 e. The Morgan fingerprint density at radius 2 is 2.43 bits per heavy atom. The van der Waals surface area contributed by atoms with Gasteiger partial charge in [-0.15, -0.1) is 10.2 Å². The fourth-order valence-corrected chi connectivity index (χ4v) is 2.75. The van der Waals surface area contributed by atoms with E-state index in [0.29, 0.717) is 6.04 Å². The topological polar surface area (TPSA) is 37.8 Å². The van der Waals surface area contributed by atoms with Crippen LogP contribution in [-0.2, 0) is 0 Å². The third kappa shape index (κ3) is 4.39. The molecule has 5 heteroatoms. The maximum atomic E-state index is 4.01. The fourth-order valence-electron chi connectivity index (χ4n) is 1.07. The van der Waals surface area contributed by atoms with Crippen molar-refractivity contribution in [1.82, 2.24) is 15.5 Å². The Kier molecular flexibility index (Phi) is 6.14. The fraction of sp³-hybridized carbons (Fsp3) is 0.778. The van der Waals surface area contributed by atoms with E-state index in [9.17, 15) is 0 Å². The van der Waals surface area contributed by atoms with Crippen LogP contribution in [0.25, 0.3) is 0 Å². The smallest absolute Gasteiger partial charge is 0.174 e. The number of aromatic nitrogens is 2. The standard InChI is InChI=1S/C9H17N3S2/c1-3-5-10-8(4-2)6-13-9-12-11-7-14-9/h7-8,10H,3-6H2,1-2H3. The molecule has 0 aromatic carbocycles. The average molecular weight is 231 g/mol. The number of nitrogens with zero attached hydrogens (tertiary/aromatic N) is 2. The maximum absolute atomic E-state index is 4.01. The van der Waals surface area contributed by atoms with Crippen LogP contribution in [0.2, 0.25) is 0 Å². The summed E-state index contributed by atoms with van der Waals surface area (Å²) in [5, 5.41) is 11.3. The molecule has 1 rings (SSSR count). The van der Waals surface area contributed by atoms with Gasteiger partial charge in [-0.05, 0) is 19.4 Å². The molecular weight excluding hydrogens is 214 g/mol. The first-order chi connectivity index (χ1) is 6.86. The van der Waals surface area contributed by atoms with Crippen molar-refractivity contribution in [1.29, 1.82) is 0 Å². The van der Waals surface area contributed by atoms with Crippen LogP contribution in [0.5, 0.6) is 0 Å². The van der Waals surface area contributed by atoms with Gasteiger partial charge in [0, 0.05) is 11.8 Å². The molecule has 14 heavy (non-hydrogen) atoms. The molecule has 0 radical (unpaired) electrons. The molecule has 80 valence electrons. The minimum absolute atomic E-state index is 0.601. The van der Waals surface area contributed by atoms with Crippen LogP contribution in [-0.4, -0.2) is 28.5 Å². The molecule has 1 N–H and O–H groups in total. The summed E-state index contributed by atoms with van der Waals surface area (Å²) in [4.78, 5) is 0. The normalized spacial score (nSPS) is 13.0. The van der Waals surface area contributed by atoms with E-state index in [2.05, 4.69) is 29.4 Å². The van der Waals surface area contributed by atoms with Crippen LogP contribution in [0.1, 0.15) is 26.7 Å². The zero-order valence-electron chi connectivity index (χ0n) is 8.69. The molecular formula is C9H17N3S2. The molecule has 0 spiro atoms. The van der Waals surface area contributed by atoms with Gasteiger partial charge in [0.15, 0.2) is 4.34 Å². The summed E-state index contributed by atoms with van der Waals surface area (Å²) < 4.78 is 1.07. The van der Waals surface area contributed by atoms with Gasteiger partial charge in [0.05, 0.1) is 0 Å². The molecule has 1 aromatic heterocycles. The molecule has 0 fully saturated rings. The zero-order valence-corrected chi connectivity index (χ0v) is 10.3. The van der Waals surface area contributed by atoms with Crippen molar-refractivity contribution in [3.63, 3.8) is 0 Å². The van der Waals surface area contributed by atoms with E-state index in [4.69, 9.17) is 0 Å². The lowest BCUT2D eigenvalue weighted by atomic mass is 10.2. The molecule has 0 amide bonds. The summed E-state index contributed by atoms with van der Waals surface area (Å²) in [5.74, 6) is 1.09. The van der Waals surface area contributed by atoms with Crippen LogP contribution in [0.3, 0.4) is 0 Å². The highest BCUT2D eigenvalue weighted by molar-refractivity contribution is 8.01. The molecule has 0 aliphatic carbocycles. The van der Waals surface area contributed by atoms with Crippen LogP contribution in [0, 0.1) is 0 Å². The van der Waals surface area contributed by atoms with Crippen molar-refractivity contribution in [2.45, 2.75) is 37.1 Å². The third-order valence-corrected chi connectivity index (χ3v) is 3.95. The predicted octanol–water partition coefficient (Wildman–Crippen LogP) is 2.41. The van der Waals surface area contributed by atoms with Crippen molar-refractivity contribution >= 4 is 23.1 Å². The van der Waals surface area contributed by atoms with Gasteiger partial charge in [0.2, 0.25) is 0 Å². The van der Waals surface area contributed by atoms with E-state index < -0.39 is 0 Å². The molecule has 1 aromatic rings. The van der Waals surface area contributed by atoms with Gasteiger partial charge >= 0.3 is 0 Å². The highest BCUT2D eigenvalue weighted by atomic mass is 32.2. The highest BCUT2D eigenvalue weighted by Crippen LogP contribution is 2.20. The zero-order chi connectivity index (χ0) is 10.2. The molecule has 0 bridgehead atoms. The van der Waals surface area contributed by atoms with E-state index in [1.54, 1.807) is 28.6 Å². The second-order valence-electron chi connectivity index (χ2n) is 3.07. The summed E-state index contributed by atoms with van der Waals surface area (Å²) in [6, 6.07) is 0.601. The SMILES string of the molecule is CCCNC(CC)CSc1nncs1. The van der Waals surface area contributed by atoms with Gasteiger partial charge in [-0.2, -0.15) is 0 Å². The number of thioether (sulfide) groups is 1. The van der Waals surface area contributed by atoms with Crippen molar-refractivity contribution in [3.05, 3.63) is 5.51 Å². The van der Waals surface area contributed by atoms with E-state index in [1.807, 2.05) is 0 Å². The van der Waals surface area contributed by atoms with Crippen molar-refractivity contribution in [2.75, 3.05) is 12.3 Å². The quantitative estimate of drug-likeness (QED) is 0.731. The summed E-state index contributed by atoms with van der Waals surface area (Å²) in [6.07, 6.45) is 2.37. The van der Waals surface area contributed by atoms with E-state index in [0.717, 1.165) is 16.6 Å². The summed E-state index contributed by atoms with van der Waals surface area (Å²) >= 11 is 3.40. The lowest BCUT2D eigenvalue weighted by Crippen LogP contribution is -2.31. The third-order valence-electron chi connectivity index (χ3n) is 1.92. The highest BCUT2D eigenvalue weighted by Gasteiger charge is 2.06. The molecule has 0 aliphatic rings. The van der Waals surface area contributed by atoms with E-state index >= 15 is 0 Å². The summed E-state index contributed by atoms with van der Waals surface area (Å²) in [6.45, 7) is 5.51. The number of hydrogen-bond donors (Lipinski definition) is 1. The Balaban J connectivity index is 2.20. The number of nitrogens with one attached hydrogen (secondary N) is 1. The van der Waals surface area contributed by atoms with Gasteiger partial charge in [-0.1, -0.05) is 36.9 Å². The molecule has 0 saturated heterocycles. The summed E-state index contributed by atoms with van der Waals surface area (Å²) in [5.41, 5.74) is 1.78. The Morgan fingerprint density at radius 3 is 3.00 bits per heavy atom. The molecule has 0 saturated carbocycles. The van der Waals surface area contributed by atoms with Gasteiger partial charge < -0.3 is 5.32 Å². The molecule has 0 aliphatic heterocycles. The van der Waals surface area contributed by atoms with Gasteiger partial charge in [0.1, 0.15) is 5.51 Å². The number of rotatable bonds is 7. The second kappa shape index (κ2) is 7.20. The van der Waals surface area contributed by atoms with Crippen LogP contribution in [0.15, 0.2) is 9.85 Å². The predicted molar refractivity (Wildman–Crippen MR) is 63.0 cm³/mol. The first-order valence-electron chi connectivity index (χ1n) is 4.99. The van der Waals surface area contributed by atoms with E-state index in [1.165, 1.54) is 12.8 Å². The average Bonchev–Trinajstić information content (AvgIpc) is 2.71. The Morgan fingerprint density at radius 1 is 1.57 bits per heavy atom. The van der Waals surface area contributed by atoms with Crippen molar-refractivity contribution in [3.8, 4) is 0 Å². The minimum atomic E-state index is 0.601. The largest absolute Gasteiger partial charge is 0.313 e. The Hall–Kier alpha value is -0.130. The van der Waals surface area contributed by atoms with Gasteiger partial charge in [-0.3, -0.25) is 0 Å².